The highest BCUT2D eigenvalue weighted by molar-refractivity contribution is 5.82. The molecule has 5 heteroatoms. The van der Waals surface area contributed by atoms with Crippen molar-refractivity contribution in [3.05, 3.63) is 11.6 Å². The van der Waals surface area contributed by atoms with E-state index < -0.39 is 0 Å². The van der Waals surface area contributed by atoms with Crippen LogP contribution >= 0.6 is 0 Å². The highest BCUT2D eigenvalue weighted by Gasteiger charge is 2.51. The second-order valence-electron chi connectivity index (χ2n) is 11.7. The zero-order chi connectivity index (χ0) is 21.7. The fraction of sp³-hybridized carbons (Fsp3) is 0.840. The van der Waals surface area contributed by atoms with E-state index >= 15 is 0 Å². The van der Waals surface area contributed by atoms with Gasteiger partial charge in [-0.1, -0.05) is 46.3 Å². The maximum atomic E-state index is 13.2. The quantitative estimate of drug-likeness (QED) is 0.625. The van der Waals surface area contributed by atoms with Crippen molar-refractivity contribution >= 4 is 11.8 Å². The third kappa shape index (κ3) is 4.32. The van der Waals surface area contributed by atoms with Gasteiger partial charge in [-0.3, -0.25) is 14.5 Å². The lowest BCUT2D eigenvalue weighted by atomic mass is 9.49. The number of amides is 2. The van der Waals surface area contributed by atoms with Crippen molar-refractivity contribution in [1.29, 1.82) is 0 Å². The zero-order valence-corrected chi connectivity index (χ0v) is 19.7. The van der Waals surface area contributed by atoms with E-state index in [4.69, 9.17) is 0 Å². The third-order valence-electron chi connectivity index (χ3n) is 8.18. The molecule has 0 aromatic rings. The Morgan fingerprint density at radius 3 is 2.33 bits per heavy atom. The molecule has 1 heterocycles. The minimum Gasteiger partial charge on any atom is -0.340 e. The smallest absolute Gasteiger partial charge is 0.228 e. The second-order valence-corrected chi connectivity index (χ2v) is 11.7. The molecule has 0 N–H and O–H groups in total. The van der Waals surface area contributed by atoms with Crippen molar-refractivity contribution in [3.63, 3.8) is 0 Å². The van der Waals surface area contributed by atoms with Gasteiger partial charge in [-0.05, 0) is 42.9 Å². The predicted octanol–water partition coefficient (Wildman–Crippen LogP) is 3.41. The fourth-order valence-electron chi connectivity index (χ4n) is 5.65. The van der Waals surface area contributed by atoms with Crippen molar-refractivity contribution in [2.24, 2.45) is 28.6 Å². The highest BCUT2D eigenvalue weighted by Crippen LogP contribution is 2.59. The average Bonchev–Trinajstić information content (AvgIpc) is 3.55. The molecule has 5 nitrogen and oxygen atoms in total. The van der Waals surface area contributed by atoms with Gasteiger partial charge in [-0.2, -0.15) is 0 Å². The van der Waals surface area contributed by atoms with Gasteiger partial charge in [0.15, 0.2) is 0 Å². The first-order valence-corrected chi connectivity index (χ1v) is 12.1. The normalized spacial score (nSPS) is 28.6. The highest BCUT2D eigenvalue weighted by atomic mass is 16.2. The monoisotopic (exact) mass is 415 g/mol. The van der Waals surface area contributed by atoms with E-state index in [1.807, 2.05) is 25.7 Å². The van der Waals surface area contributed by atoms with E-state index in [-0.39, 0.29) is 11.3 Å². The summed E-state index contributed by atoms with van der Waals surface area (Å²) < 4.78 is 0. The van der Waals surface area contributed by atoms with Crippen LogP contribution in [0.5, 0.6) is 0 Å². The first kappa shape index (κ1) is 21.9. The number of rotatable bonds is 6. The summed E-state index contributed by atoms with van der Waals surface area (Å²) in [7, 11) is 0. The Kier molecular flexibility index (Phi) is 5.80. The van der Waals surface area contributed by atoms with Crippen molar-refractivity contribution in [2.45, 2.75) is 60.3 Å². The van der Waals surface area contributed by atoms with Crippen molar-refractivity contribution in [3.8, 4) is 0 Å². The van der Waals surface area contributed by atoms with Crippen LogP contribution in [0.15, 0.2) is 11.6 Å². The average molecular weight is 416 g/mol. The molecule has 2 unspecified atom stereocenters. The molecule has 3 fully saturated rings. The molecular formula is C25H41N3O2. The number of piperazine rings is 1. The predicted molar refractivity (Wildman–Crippen MR) is 120 cm³/mol. The molecule has 5 aliphatic rings. The number of carbonyl (C=O) groups is 2. The second kappa shape index (κ2) is 7.96. The summed E-state index contributed by atoms with van der Waals surface area (Å²) >= 11 is 0. The van der Waals surface area contributed by atoms with Crippen molar-refractivity contribution in [1.82, 2.24) is 14.7 Å². The lowest BCUT2D eigenvalue weighted by Crippen LogP contribution is -2.53. The number of carbonyl (C=O) groups excluding carboxylic acids is 2. The SMILES string of the molecule is CC(C)(C)C(=O)N(CCN1CCN(C(=O)C2CC2)CC1)CC1=CCC2CC1C2(C)C. The van der Waals surface area contributed by atoms with Gasteiger partial charge in [0.05, 0.1) is 0 Å². The van der Waals surface area contributed by atoms with Crippen LogP contribution in [0.25, 0.3) is 0 Å². The molecule has 2 amide bonds. The Bertz CT molecular complexity index is 708. The Hall–Kier alpha value is -1.36. The molecule has 2 bridgehead atoms. The van der Waals surface area contributed by atoms with Crippen LogP contribution in [0.4, 0.5) is 0 Å². The molecule has 0 radical (unpaired) electrons. The van der Waals surface area contributed by atoms with E-state index in [1.165, 1.54) is 18.4 Å². The molecule has 0 aromatic carbocycles. The number of allylic oxidation sites excluding steroid dienone is 1. The molecule has 1 saturated heterocycles. The third-order valence-corrected chi connectivity index (χ3v) is 8.18. The Labute approximate surface area is 182 Å². The van der Waals surface area contributed by atoms with Gasteiger partial charge in [-0.15, -0.1) is 0 Å². The minimum atomic E-state index is -0.359. The lowest BCUT2D eigenvalue weighted by molar-refractivity contribution is -0.139. The molecule has 4 aliphatic carbocycles. The van der Waals surface area contributed by atoms with Gasteiger partial charge >= 0.3 is 0 Å². The Morgan fingerprint density at radius 1 is 1.13 bits per heavy atom. The maximum absolute atomic E-state index is 13.2. The summed E-state index contributed by atoms with van der Waals surface area (Å²) in [5, 5.41) is 0. The van der Waals surface area contributed by atoms with E-state index in [1.54, 1.807) is 0 Å². The molecule has 1 aliphatic heterocycles. The molecule has 0 aromatic heterocycles. The van der Waals surface area contributed by atoms with E-state index in [9.17, 15) is 9.59 Å². The zero-order valence-electron chi connectivity index (χ0n) is 19.7. The first-order valence-electron chi connectivity index (χ1n) is 12.1. The number of hydrogen-bond acceptors (Lipinski definition) is 3. The maximum Gasteiger partial charge on any atom is 0.228 e. The van der Waals surface area contributed by atoms with Crippen LogP contribution in [0, 0.1) is 28.6 Å². The summed E-state index contributed by atoms with van der Waals surface area (Å²) in [6, 6.07) is 0. The number of nitrogens with zero attached hydrogens (tertiary/aromatic N) is 3. The van der Waals surface area contributed by atoms with Crippen LogP contribution in [0.3, 0.4) is 0 Å². The molecule has 168 valence electrons. The first-order chi connectivity index (χ1) is 14.1. The molecule has 30 heavy (non-hydrogen) atoms. The molecule has 5 rings (SSSR count). The summed E-state index contributed by atoms with van der Waals surface area (Å²) in [6.07, 6.45) is 7.06. The summed E-state index contributed by atoms with van der Waals surface area (Å²) in [4.78, 5) is 32.1. The van der Waals surface area contributed by atoms with Gasteiger partial charge in [0.2, 0.25) is 11.8 Å². The van der Waals surface area contributed by atoms with Gasteiger partial charge in [0.25, 0.3) is 0 Å². The minimum absolute atomic E-state index is 0.255. The number of hydrogen-bond donors (Lipinski definition) is 0. The van der Waals surface area contributed by atoms with Crippen LogP contribution in [0.1, 0.15) is 60.3 Å². The Balaban J connectivity index is 1.34. The van der Waals surface area contributed by atoms with Gasteiger partial charge in [-0.25, -0.2) is 0 Å². The van der Waals surface area contributed by atoms with Gasteiger partial charge < -0.3 is 9.80 Å². The topological polar surface area (TPSA) is 43.9 Å². The van der Waals surface area contributed by atoms with Crippen LogP contribution in [-0.2, 0) is 9.59 Å². The molecular weight excluding hydrogens is 374 g/mol. The van der Waals surface area contributed by atoms with Crippen LogP contribution < -0.4 is 0 Å². The van der Waals surface area contributed by atoms with Crippen LogP contribution in [0.2, 0.25) is 0 Å². The Morgan fingerprint density at radius 2 is 1.80 bits per heavy atom. The summed E-state index contributed by atoms with van der Waals surface area (Å²) in [5.74, 6) is 2.40. The van der Waals surface area contributed by atoms with E-state index in [0.717, 1.165) is 64.6 Å². The van der Waals surface area contributed by atoms with Gasteiger partial charge in [0, 0.05) is 57.1 Å². The standard InChI is InChI=1S/C25H41N3O2/c1-24(2,3)23(30)28(17-19-8-9-20-16-21(19)25(20,4)5)15-12-26-10-13-27(14-11-26)22(29)18-6-7-18/h8,18,20-21H,6-7,9-17H2,1-5H3. The number of fused-ring (bicyclic) bond motifs is 1. The fourth-order valence-corrected chi connectivity index (χ4v) is 5.65. The summed E-state index contributed by atoms with van der Waals surface area (Å²) in [6.45, 7) is 16.9. The molecule has 2 saturated carbocycles. The van der Waals surface area contributed by atoms with Crippen LogP contribution in [-0.4, -0.2) is 72.3 Å². The molecule has 0 spiro atoms. The summed E-state index contributed by atoms with van der Waals surface area (Å²) in [5.41, 5.74) is 1.52. The molecule has 2 atom stereocenters. The lowest BCUT2D eigenvalue weighted by Gasteiger charge is -2.57. The van der Waals surface area contributed by atoms with E-state index in [0.29, 0.717) is 23.2 Å². The van der Waals surface area contributed by atoms with E-state index in [2.05, 4.69) is 29.7 Å². The van der Waals surface area contributed by atoms with Crippen molar-refractivity contribution < 1.29 is 9.59 Å². The van der Waals surface area contributed by atoms with Gasteiger partial charge in [0.1, 0.15) is 0 Å². The largest absolute Gasteiger partial charge is 0.340 e. The van der Waals surface area contributed by atoms with Crippen molar-refractivity contribution in [2.75, 3.05) is 45.8 Å².